The second kappa shape index (κ2) is 9.32. The molecule has 1 rings (SSSR count). The third-order valence-corrected chi connectivity index (χ3v) is 2.65. The summed E-state index contributed by atoms with van der Waals surface area (Å²) in [6, 6.07) is 8.77. The number of carbonyl (C=O) groups excluding carboxylic acids is 2. The fraction of sp³-hybridized carbons (Fsp3) is 0.312. The Bertz CT molecular complexity index is 542. The zero-order valence-electron chi connectivity index (χ0n) is 12.0. The van der Waals surface area contributed by atoms with Crippen molar-refractivity contribution in [1.82, 2.24) is 5.32 Å². The lowest BCUT2D eigenvalue weighted by molar-refractivity contribution is -0.143. The van der Waals surface area contributed by atoms with Crippen LogP contribution in [0.15, 0.2) is 30.3 Å². The maximum absolute atomic E-state index is 11.4. The molecule has 0 saturated carbocycles. The van der Waals surface area contributed by atoms with Gasteiger partial charge in [-0.15, -0.1) is 0 Å². The zero-order chi connectivity index (χ0) is 15.5. The number of nitriles is 1. The van der Waals surface area contributed by atoms with E-state index in [9.17, 15) is 9.59 Å². The maximum atomic E-state index is 11.4. The first kappa shape index (κ1) is 16.4. The number of esters is 1. The van der Waals surface area contributed by atoms with Crippen LogP contribution in [0.3, 0.4) is 0 Å². The summed E-state index contributed by atoms with van der Waals surface area (Å²) < 4.78 is 4.81. The van der Waals surface area contributed by atoms with Crippen molar-refractivity contribution in [3.8, 4) is 6.07 Å². The molecule has 0 bridgehead atoms. The van der Waals surface area contributed by atoms with Gasteiger partial charge in [-0.3, -0.25) is 4.79 Å². The standard InChI is InChI=1S/C16H18N2O3/c1-2-3-10-18-15(19)12-21-16(20)9-8-13-4-6-14(11-17)7-5-13/h4-9H,2-3,10,12H2,1H3,(H,18,19)/b9-8+. The van der Waals surface area contributed by atoms with Crippen molar-refractivity contribution < 1.29 is 14.3 Å². The van der Waals surface area contributed by atoms with Crippen molar-refractivity contribution in [3.63, 3.8) is 0 Å². The fourth-order valence-corrected chi connectivity index (χ4v) is 1.47. The Morgan fingerprint density at radius 3 is 2.67 bits per heavy atom. The summed E-state index contributed by atoms with van der Waals surface area (Å²) in [4.78, 5) is 22.8. The predicted octanol–water partition coefficient (Wildman–Crippen LogP) is 2.03. The maximum Gasteiger partial charge on any atom is 0.331 e. The smallest absolute Gasteiger partial charge is 0.331 e. The fourth-order valence-electron chi connectivity index (χ4n) is 1.47. The van der Waals surface area contributed by atoms with Crippen LogP contribution in [0, 0.1) is 11.3 Å². The van der Waals surface area contributed by atoms with Crippen LogP contribution < -0.4 is 5.32 Å². The molecule has 1 amide bonds. The van der Waals surface area contributed by atoms with E-state index in [1.807, 2.05) is 13.0 Å². The van der Waals surface area contributed by atoms with Crippen molar-refractivity contribution >= 4 is 18.0 Å². The van der Waals surface area contributed by atoms with E-state index >= 15 is 0 Å². The first-order valence-corrected chi connectivity index (χ1v) is 6.77. The molecule has 0 heterocycles. The topological polar surface area (TPSA) is 79.2 Å². The summed E-state index contributed by atoms with van der Waals surface area (Å²) >= 11 is 0. The van der Waals surface area contributed by atoms with Gasteiger partial charge in [0.15, 0.2) is 6.61 Å². The number of ether oxygens (including phenoxy) is 1. The Morgan fingerprint density at radius 2 is 2.05 bits per heavy atom. The van der Waals surface area contributed by atoms with Crippen LogP contribution in [0.1, 0.15) is 30.9 Å². The van der Waals surface area contributed by atoms with Crippen molar-refractivity contribution in [2.24, 2.45) is 0 Å². The SMILES string of the molecule is CCCCNC(=O)COC(=O)/C=C/c1ccc(C#N)cc1. The second-order valence-electron chi connectivity index (χ2n) is 4.38. The molecule has 0 saturated heterocycles. The monoisotopic (exact) mass is 286 g/mol. The van der Waals surface area contributed by atoms with E-state index < -0.39 is 5.97 Å². The molecule has 0 aliphatic carbocycles. The van der Waals surface area contributed by atoms with E-state index in [4.69, 9.17) is 10.00 Å². The summed E-state index contributed by atoms with van der Waals surface area (Å²) in [5, 5.41) is 11.3. The highest BCUT2D eigenvalue weighted by atomic mass is 16.5. The van der Waals surface area contributed by atoms with Gasteiger partial charge in [-0.05, 0) is 30.2 Å². The summed E-state index contributed by atoms with van der Waals surface area (Å²) in [6.45, 7) is 2.34. The van der Waals surface area contributed by atoms with Gasteiger partial charge in [-0.2, -0.15) is 5.26 Å². The largest absolute Gasteiger partial charge is 0.452 e. The number of nitrogens with one attached hydrogen (secondary N) is 1. The molecule has 110 valence electrons. The number of hydrogen-bond acceptors (Lipinski definition) is 4. The third kappa shape index (κ3) is 6.92. The van der Waals surface area contributed by atoms with Gasteiger partial charge in [0, 0.05) is 12.6 Å². The first-order chi connectivity index (χ1) is 10.2. The Hall–Kier alpha value is -2.61. The van der Waals surface area contributed by atoms with Crippen LogP contribution in [0.25, 0.3) is 6.08 Å². The molecule has 0 spiro atoms. The normalized spacial score (nSPS) is 10.1. The molecule has 0 fully saturated rings. The number of amides is 1. The Labute approximate surface area is 124 Å². The van der Waals surface area contributed by atoms with Gasteiger partial charge >= 0.3 is 5.97 Å². The molecule has 0 aromatic heterocycles. The quantitative estimate of drug-likeness (QED) is 0.472. The van der Waals surface area contributed by atoms with Gasteiger partial charge in [-0.25, -0.2) is 4.79 Å². The lowest BCUT2D eigenvalue weighted by Crippen LogP contribution is -2.29. The Kier molecular flexibility index (Phi) is 7.30. The van der Waals surface area contributed by atoms with Crippen molar-refractivity contribution in [1.29, 1.82) is 5.26 Å². The third-order valence-electron chi connectivity index (χ3n) is 2.65. The molecule has 1 N–H and O–H groups in total. The van der Waals surface area contributed by atoms with E-state index in [1.165, 1.54) is 6.08 Å². The average molecular weight is 286 g/mol. The molecule has 5 heteroatoms. The summed E-state index contributed by atoms with van der Waals surface area (Å²) in [6.07, 6.45) is 4.71. The van der Waals surface area contributed by atoms with Crippen LogP contribution in [-0.2, 0) is 14.3 Å². The number of rotatable bonds is 7. The molecule has 1 aromatic carbocycles. The van der Waals surface area contributed by atoms with Crippen LogP contribution in [0.2, 0.25) is 0 Å². The number of nitrogens with zero attached hydrogens (tertiary/aromatic N) is 1. The Balaban J connectivity index is 2.34. The second-order valence-corrected chi connectivity index (χ2v) is 4.38. The number of hydrogen-bond donors (Lipinski definition) is 1. The van der Waals surface area contributed by atoms with Gasteiger partial charge in [0.25, 0.3) is 5.91 Å². The molecule has 1 aromatic rings. The van der Waals surface area contributed by atoms with Crippen molar-refractivity contribution in [2.45, 2.75) is 19.8 Å². The van der Waals surface area contributed by atoms with Gasteiger partial charge in [0.2, 0.25) is 0 Å². The van der Waals surface area contributed by atoms with Gasteiger partial charge in [0.05, 0.1) is 11.6 Å². The Morgan fingerprint density at radius 1 is 1.33 bits per heavy atom. The zero-order valence-corrected chi connectivity index (χ0v) is 12.0. The van der Waals surface area contributed by atoms with E-state index in [-0.39, 0.29) is 12.5 Å². The molecular formula is C16H18N2O3. The highest BCUT2D eigenvalue weighted by Gasteiger charge is 2.03. The molecule has 21 heavy (non-hydrogen) atoms. The highest BCUT2D eigenvalue weighted by molar-refractivity contribution is 5.89. The minimum atomic E-state index is -0.579. The number of carbonyl (C=O) groups is 2. The molecule has 0 aliphatic heterocycles. The first-order valence-electron chi connectivity index (χ1n) is 6.77. The van der Waals surface area contributed by atoms with Crippen molar-refractivity contribution in [3.05, 3.63) is 41.5 Å². The molecule has 0 radical (unpaired) electrons. The van der Waals surface area contributed by atoms with E-state index in [2.05, 4.69) is 5.32 Å². The van der Waals surface area contributed by atoms with E-state index in [1.54, 1.807) is 30.3 Å². The minimum absolute atomic E-state index is 0.278. The van der Waals surface area contributed by atoms with E-state index in [0.717, 1.165) is 18.4 Å². The summed E-state index contributed by atoms with van der Waals surface area (Å²) in [5.74, 6) is -0.881. The molecule has 0 atom stereocenters. The molecule has 0 aliphatic rings. The summed E-state index contributed by atoms with van der Waals surface area (Å²) in [7, 11) is 0. The van der Waals surface area contributed by atoms with Crippen LogP contribution in [-0.4, -0.2) is 25.0 Å². The van der Waals surface area contributed by atoms with Gasteiger partial charge in [0.1, 0.15) is 0 Å². The molecular weight excluding hydrogens is 268 g/mol. The lowest BCUT2D eigenvalue weighted by atomic mass is 10.1. The van der Waals surface area contributed by atoms with Crippen molar-refractivity contribution in [2.75, 3.05) is 13.2 Å². The van der Waals surface area contributed by atoms with E-state index in [0.29, 0.717) is 12.1 Å². The molecule has 0 unspecified atom stereocenters. The minimum Gasteiger partial charge on any atom is -0.452 e. The number of unbranched alkanes of at least 4 members (excludes halogenated alkanes) is 1. The van der Waals surface area contributed by atoms with Crippen LogP contribution in [0.5, 0.6) is 0 Å². The van der Waals surface area contributed by atoms with Gasteiger partial charge < -0.3 is 10.1 Å². The highest BCUT2D eigenvalue weighted by Crippen LogP contribution is 2.05. The predicted molar refractivity (Wildman–Crippen MR) is 79.1 cm³/mol. The van der Waals surface area contributed by atoms with Crippen LogP contribution in [0.4, 0.5) is 0 Å². The van der Waals surface area contributed by atoms with Crippen LogP contribution >= 0.6 is 0 Å². The number of benzene rings is 1. The lowest BCUT2D eigenvalue weighted by Gasteiger charge is -2.04. The molecule has 5 nitrogen and oxygen atoms in total. The van der Waals surface area contributed by atoms with Gasteiger partial charge in [-0.1, -0.05) is 25.5 Å². The average Bonchev–Trinajstić information content (AvgIpc) is 2.51. The summed E-state index contributed by atoms with van der Waals surface area (Å²) in [5.41, 5.74) is 1.33.